The van der Waals surface area contributed by atoms with Gasteiger partial charge in [-0.05, 0) is 45.2 Å². The SMILES string of the molecule is CSC(=NCCCN1CCCC1)NC#N. The Morgan fingerprint density at radius 1 is 1.53 bits per heavy atom. The number of amidine groups is 1. The summed E-state index contributed by atoms with van der Waals surface area (Å²) in [6.07, 6.45) is 7.57. The minimum atomic E-state index is 0.721. The topological polar surface area (TPSA) is 51.4 Å². The standard InChI is InChI=1S/C10H18N4S/c1-15-10(13-9-11)12-5-4-8-14-6-2-3-7-14/h2-8H2,1H3,(H,12,13). The van der Waals surface area contributed by atoms with Gasteiger partial charge in [-0.1, -0.05) is 11.8 Å². The molecule has 0 spiro atoms. The van der Waals surface area contributed by atoms with E-state index >= 15 is 0 Å². The van der Waals surface area contributed by atoms with Crippen LogP contribution in [0.3, 0.4) is 0 Å². The smallest absolute Gasteiger partial charge is 0.183 e. The molecule has 1 fully saturated rings. The molecule has 0 aromatic carbocycles. The zero-order chi connectivity index (χ0) is 10.9. The van der Waals surface area contributed by atoms with E-state index in [1.54, 1.807) is 0 Å². The van der Waals surface area contributed by atoms with Gasteiger partial charge in [0.1, 0.15) is 0 Å². The van der Waals surface area contributed by atoms with Gasteiger partial charge >= 0.3 is 0 Å². The summed E-state index contributed by atoms with van der Waals surface area (Å²) in [5.74, 6) is 0. The summed E-state index contributed by atoms with van der Waals surface area (Å²) in [5, 5.41) is 11.7. The number of rotatable bonds is 4. The Bertz CT molecular complexity index is 240. The molecule has 1 heterocycles. The van der Waals surface area contributed by atoms with Crippen molar-refractivity contribution < 1.29 is 0 Å². The fourth-order valence-corrected chi connectivity index (χ4v) is 2.05. The molecule has 4 nitrogen and oxygen atoms in total. The maximum absolute atomic E-state index is 8.43. The molecule has 1 saturated heterocycles. The monoisotopic (exact) mass is 226 g/mol. The highest BCUT2D eigenvalue weighted by atomic mass is 32.2. The maximum Gasteiger partial charge on any atom is 0.183 e. The summed E-state index contributed by atoms with van der Waals surface area (Å²) < 4.78 is 0. The quantitative estimate of drug-likeness (QED) is 0.258. The Labute approximate surface area is 95.7 Å². The highest BCUT2D eigenvalue weighted by Crippen LogP contribution is 2.07. The summed E-state index contributed by atoms with van der Waals surface area (Å²) in [7, 11) is 0. The molecule has 1 N–H and O–H groups in total. The Hall–Kier alpha value is -0.730. The third-order valence-electron chi connectivity index (χ3n) is 2.44. The lowest BCUT2D eigenvalue weighted by molar-refractivity contribution is 0.336. The van der Waals surface area contributed by atoms with Gasteiger partial charge in [0.05, 0.1) is 0 Å². The molecule has 0 aromatic rings. The lowest BCUT2D eigenvalue weighted by Gasteiger charge is -2.12. The number of aliphatic imine (C=N–C) groups is 1. The largest absolute Gasteiger partial charge is 0.303 e. The highest BCUT2D eigenvalue weighted by Gasteiger charge is 2.09. The number of likely N-dealkylation sites (tertiary alicyclic amines) is 1. The second-order valence-electron chi connectivity index (χ2n) is 3.53. The third-order valence-corrected chi connectivity index (χ3v) is 3.06. The van der Waals surface area contributed by atoms with Crippen LogP contribution in [0.5, 0.6) is 0 Å². The number of hydrogen-bond acceptors (Lipinski definition) is 4. The van der Waals surface area contributed by atoms with Gasteiger partial charge < -0.3 is 4.90 Å². The molecule has 84 valence electrons. The number of hydrogen-bond donors (Lipinski definition) is 1. The van der Waals surface area contributed by atoms with Crippen LogP contribution in [0.25, 0.3) is 0 Å². The van der Waals surface area contributed by atoms with Crippen LogP contribution in [0, 0.1) is 11.5 Å². The van der Waals surface area contributed by atoms with Crippen LogP contribution < -0.4 is 5.32 Å². The fourth-order valence-electron chi connectivity index (χ4n) is 1.68. The fraction of sp³-hybridized carbons (Fsp3) is 0.800. The summed E-state index contributed by atoms with van der Waals surface area (Å²) >= 11 is 1.48. The van der Waals surface area contributed by atoms with Gasteiger partial charge in [0.2, 0.25) is 0 Å². The lowest BCUT2D eigenvalue weighted by Crippen LogP contribution is -2.21. The second kappa shape index (κ2) is 7.55. The Kier molecular flexibility index (Phi) is 6.21. The Morgan fingerprint density at radius 2 is 2.27 bits per heavy atom. The van der Waals surface area contributed by atoms with Gasteiger partial charge in [-0.2, -0.15) is 5.26 Å². The molecule has 15 heavy (non-hydrogen) atoms. The Balaban J connectivity index is 2.10. The predicted octanol–water partition coefficient (Wildman–Crippen LogP) is 1.26. The van der Waals surface area contributed by atoms with E-state index in [0.29, 0.717) is 0 Å². The molecule has 0 amide bonds. The minimum Gasteiger partial charge on any atom is -0.303 e. The van der Waals surface area contributed by atoms with Crippen LogP contribution in [0.2, 0.25) is 0 Å². The average molecular weight is 226 g/mol. The van der Waals surface area contributed by atoms with E-state index in [2.05, 4.69) is 15.2 Å². The van der Waals surface area contributed by atoms with Gasteiger partial charge in [0, 0.05) is 6.54 Å². The normalized spacial score (nSPS) is 17.7. The lowest BCUT2D eigenvalue weighted by atomic mass is 10.4. The van der Waals surface area contributed by atoms with Crippen molar-refractivity contribution >= 4 is 16.9 Å². The van der Waals surface area contributed by atoms with Crippen molar-refractivity contribution in [3.63, 3.8) is 0 Å². The van der Waals surface area contributed by atoms with E-state index in [-0.39, 0.29) is 0 Å². The van der Waals surface area contributed by atoms with Crippen LogP contribution >= 0.6 is 11.8 Å². The van der Waals surface area contributed by atoms with Crippen LogP contribution in [0.15, 0.2) is 4.99 Å². The molecule has 0 aromatic heterocycles. The Morgan fingerprint density at radius 3 is 2.87 bits per heavy atom. The summed E-state index contributed by atoms with van der Waals surface area (Å²) in [4.78, 5) is 6.79. The van der Waals surface area contributed by atoms with Gasteiger partial charge in [0.15, 0.2) is 11.4 Å². The van der Waals surface area contributed by atoms with E-state index in [1.165, 1.54) is 37.7 Å². The first-order valence-electron chi connectivity index (χ1n) is 5.32. The average Bonchev–Trinajstić information content (AvgIpc) is 2.75. The number of thioether (sulfide) groups is 1. The number of nitrogens with zero attached hydrogens (tertiary/aromatic N) is 3. The molecule has 1 rings (SSSR count). The van der Waals surface area contributed by atoms with Gasteiger partial charge in [-0.15, -0.1) is 0 Å². The van der Waals surface area contributed by atoms with Crippen LogP contribution in [-0.2, 0) is 0 Å². The molecular formula is C10H18N4S. The van der Waals surface area contributed by atoms with Gasteiger partial charge in [-0.3, -0.25) is 10.3 Å². The van der Waals surface area contributed by atoms with Crippen molar-refractivity contribution in [1.82, 2.24) is 10.2 Å². The highest BCUT2D eigenvalue weighted by molar-refractivity contribution is 8.13. The zero-order valence-electron chi connectivity index (χ0n) is 9.20. The number of nitriles is 1. The van der Waals surface area contributed by atoms with Crippen LogP contribution in [-0.4, -0.2) is 42.5 Å². The second-order valence-corrected chi connectivity index (χ2v) is 4.33. The van der Waals surface area contributed by atoms with Crippen molar-refractivity contribution in [2.24, 2.45) is 4.99 Å². The molecular weight excluding hydrogens is 208 g/mol. The van der Waals surface area contributed by atoms with Crippen molar-refractivity contribution in [1.29, 1.82) is 5.26 Å². The predicted molar refractivity (Wildman–Crippen MR) is 64.9 cm³/mol. The summed E-state index contributed by atoms with van der Waals surface area (Å²) in [5.41, 5.74) is 0. The summed E-state index contributed by atoms with van der Waals surface area (Å²) in [6.45, 7) is 4.43. The first kappa shape index (κ1) is 12.3. The van der Waals surface area contributed by atoms with Crippen molar-refractivity contribution in [3.05, 3.63) is 0 Å². The van der Waals surface area contributed by atoms with E-state index in [4.69, 9.17) is 5.26 Å². The van der Waals surface area contributed by atoms with Crippen molar-refractivity contribution in [2.75, 3.05) is 32.4 Å². The molecule has 0 radical (unpaired) electrons. The molecule has 0 saturated carbocycles. The van der Waals surface area contributed by atoms with E-state index in [1.807, 2.05) is 12.4 Å². The van der Waals surface area contributed by atoms with Crippen LogP contribution in [0.4, 0.5) is 0 Å². The molecule has 0 unspecified atom stereocenters. The van der Waals surface area contributed by atoms with Crippen molar-refractivity contribution in [3.8, 4) is 6.19 Å². The zero-order valence-corrected chi connectivity index (χ0v) is 10.0. The minimum absolute atomic E-state index is 0.721. The van der Waals surface area contributed by atoms with Crippen molar-refractivity contribution in [2.45, 2.75) is 19.3 Å². The molecule has 0 aliphatic carbocycles. The van der Waals surface area contributed by atoms with Crippen LogP contribution in [0.1, 0.15) is 19.3 Å². The van der Waals surface area contributed by atoms with E-state index < -0.39 is 0 Å². The molecule has 0 atom stereocenters. The molecule has 1 aliphatic rings. The van der Waals surface area contributed by atoms with E-state index in [9.17, 15) is 0 Å². The molecule has 1 aliphatic heterocycles. The molecule has 0 bridgehead atoms. The third kappa shape index (κ3) is 5.05. The van der Waals surface area contributed by atoms with Gasteiger partial charge in [-0.25, -0.2) is 0 Å². The summed E-state index contributed by atoms with van der Waals surface area (Å²) in [6, 6.07) is 0. The first-order valence-corrected chi connectivity index (χ1v) is 6.55. The molecule has 5 heteroatoms. The number of nitrogens with one attached hydrogen (secondary N) is 1. The van der Waals surface area contributed by atoms with E-state index in [0.717, 1.165) is 24.7 Å². The maximum atomic E-state index is 8.43. The van der Waals surface area contributed by atoms with Gasteiger partial charge in [0.25, 0.3) is 0 Å². The first-order chi connectivity index (χ1) is 7.36.